The second kappa shape index (κ2) is 8.87. The Labute approximate surface area is 153 Å². The van der Waals surface area contributed by atoms with Gasteiger partial charge in [0.25, 0.3) is 0 Å². The van der Waals surface area contributed by atoms with Crippen molar-refractivity contribution in [2.75, 3.05) is 51.3 Å². The second-order valence-electron chi connectivity index (χ2n) is 6.53. The SMILES string of the molecule is COc1ccc(N2CC[NH+](C[C@H](O)COc3ccccc3F)CC2)cc1. The van der Waals surface area contributed by atoms with Gasteiger partial charge in [-0.2, -0.15) is 0 Å². The third-order valence-corrected chi connectivity index (χ3v) is 4.70. The number of piperazine rings is 1. The molecule has 0 bridgehead atoms. The summed E-state index contributed by atoms with van der Waals surface area (Å²) in [5, 5.41) is 10.2. The molecule has 5 nitrogen and oxygen atoms in total. The smallest absolute Gasteiger partial charge is 0.165 e. The van der Waals surface area contributed by atoms with E-state index in [4.69, 9.17) is 9.47 Å². The van der Waals surface area contributed by atoms with Gasteiger partial charge in [0.2, 0.25) is 0 Å². The van der Waals surface area contributed by atoms with Gasteiger partial charge in [0.15, 0.2) is 11.6 Å². The molecule has 1 atom stereocenters. The number of hydrogen-bond donors (Lipinski definition) is 2. The summed E-state index contributed by atoms with van der Waals surface area (Å²) in [6, 6.07) is 14.3. The zero-order valence-corrected chi connectivity index (χ0v) is 15.0. The molecule has 0 spiro atoms. The zero-order chi connectivity index (χ0) is 18.4. The van der Waals surface area contributed by atoms with Crippen LogP contribution in [-0.4, -0.2) is 57.7 Å². The number of ether oxygens (including phenoxy) is 2. The summed E-state index contributed by atoms with van der Waals surface area (Å²) in [5.41, 5.74) is 1.19. The van der Waals surface area contributed by atoms with E-state index in [-0.39, 0.29) is 12.4 Å². The highest BCUT2D eigenvalue weighted by atomic mass is 19.1. The van der Waals surface area contributed by atoms with Gasteiger partial charge in [0.05, 0.1) is 33.3 Å². The van der Waals surface area contributed by atoms with Crippen molar-refractivity contribution >= 4 is 5.69 Å². The molecule has 26 heavy (non-hydrogen) atoms. The van der Waals surface area contributed by atoms with Crippen LogP contribution in [0.4, 0.5) is 10.1 Å². The first kappa shape index (κ1) is 18.5. The van der Waals surface area contributed by atoms with Gasteiger partial charge in [-0.05, 0) is 36.4 Å². The van der Waals surface area contributed by atoms with E-state index in [1.165, 1.54) is 16.7 Å². The summed E-state index contributed by atoms with van der Waals surface area (Å²) in [7, 11) is 1.67. The summed E-state index contributed by atoms with van der Waals surface area (Å²) in [6.45, 7) is 4.47. The minimum atomic E-state index is -0.614. The van der Waals surface area contributed by atoms with E-state index in [1.807, 2.05) is 12.1 Å². The maximum atomic E-state index is 13.5. The molecule has 2 N–H and O–H groups in total. The molecule has 0 saturated carbocycles. The largest absolute Gasteiger partial charge is 0.497 e. The van der Waals surface area contributed by atoms with E-state index < -0.39 is 11.9 Å². The molecule has 3 rings (SSSR count). The maximum Gasteiger partial charge on any atom is 0.165 e. The van der Waals surface area contributed by atoms with Gasteiger partial charge in [0.1, 0.15) is 25.0 Å². The number of anilines is 1. The van der Waals surface area contributed by atoms with Gasteiger partial charge in [-0.15, -0.1) is 0 Å². The van der Waals surface area contributed by atoms with Crippen LogP contribution in [0.5, 0.6) is 11.5 Å². The lowest BCUT2D eigenvalue weighted by molar-refractivity contribution is -0.903. The molecule has 0 radical (unpaired) electrons. The van der Waals surface area contributed by atoms with Crippen LogP contribution >= 0.6 is 0 Å². The lowest BCUT2D eigenvalue weighted by Crippen LogP contribution is -3.16. The molecule has 0 aromatic heterocycles. The van der Waals surface area contributed by atoms with Crippen molar-refractivity contribution in [2.24, 2.45) is 0 Å². The molecular weight excluding hydrogens is 335 g/mol. The normalized spacial score (nSPS) is 16.3. The highest BCUT2D eigenvalue weighted by Crippen LogP contribution is 2.19. The quantitative estimate of drug-likeness (QED) is 0.772. The number of benzene rings is 2. The van der Waals surface area contributed by atoms with Crippen molar-refractivity contribution in [1.29, 1.82) is 0 Å². The average Bonchev–Trinajstić information content (AvgIpc) is 2.68. The first-order valence-corrected chi connectivity index (χ1v) is 8.93. The molecule has 1 aliphatic heterocycles. The fourth-order valence-electron chi connectivity index (χ4n) is 3.22. The van der Waals surface area contributed by atoms with Crippen LogP contribution in [0, 0.1) is 5.82 Å². The highest BCUT2D eigenvalue weighted by Gasteiger charge is 2.23. The lowest BCUT2D eigenvalue weighted by atomic mass is 10.2. The predicted octanol–water partition coefficient (Wildman–Crippen LogP) is 0.979. The van der Waals surface area contributed by atoms with Crippen molar-refractivity contribution in [2.45, 2.75) is 6.10 Å². The molecule has 2 aromatic carbocycles. The third-order valence-electron chi connectivity index (χ3n) is 4.70. The Kier molecular flexibility index (Phi) is 6.30. The van der Waals surface area contributed by atoms with Gasteiger partial charge in [0, 0.05) is 5.69 Å². The summed E-state index contributed by atoms with van der Waals surface area (Å²) in [5.74, 6) is 0.641. The van der Waals surface area contributed by atoms with Crippen molar-refractivity contribution in [3.8, 4) is 11.5 Å². The maximum absolute atomic E-state index is 13.5. The van der Waals surface area contributed by atoms with E-state index >= 15 is 0 Å². The number of rotatable bonds is 7. The Bertz CT molecular complexity index is 688. The Hall–Kier alpha value is -2.31. The molecular formula is C20H26FN2O3+. The fraction of sp³-hybridized carbons (Fsp3) is 0.400. The highest BCUT2D eigenvalue weighted by molar-refractivity contribution is 5.49. The number of quaternary nitrogens is 1. The van der Waals surface area contributed by atoms with Crippen LogP contribution in [-0.2, 0) is 0 Å². The molecule has 0 unspecified atom stereocenters. The van der Waals surface area contributed by atoms with E-state index in [9.17, 15) is 9.50 Å². The molecule has 140 valence electrons. The van der Waals surface area contributed by atoms with E-state index in [1.54, 1.807) is 25.3 Å². The molecule has 2 aromatic rings. The minimum absolute atomic E-state index is 0.104. The predicted molar refractivity (Wildman–Crippen MR) is 98.7 cm³/mol. The molecule has 0 amide bonds. The standard InChI is InChI=1S/C20H25FN2O3/c1-25-18-8-6-16(7-9-18)23-12-10-22(11-13-23)14-17(24)15-26-20-5-3-2-4-19(20)21/h2-9,17,24H,10-15H2,1H3/p+1/t17-/m0/s1. The molecule has 1 aliphatic rings. The number of aliphatic hydroxyl groups excluding tert-OH is 1. The van der Waals surface area contributed by atoms with Crippen molar-refractivity contribution in [1.82, 2.24) is 0 Å². The van der Waals surface area contributed by atoms with Gasteiger partial charge in [-0.1, -0.05) is 12.1 Å². The number of nitrogens with one attached hydrogen (secondary N) is 1. The summed E-state index contributed by atoms with van der Waals surface area (Å²) in [6.07, 6.45) is -0.614. The van der Waals surface area contributed by atoms with Gasteiger partial charge >= 0.3 is 0 Å². The van der Waals surface area contributed by atoms with Crippen LogP contribution in [0.1, 0.15) is 0 Å². The van der Waals surface area contributed by atoms with Crippen LogP contribution in [0.3, 0.4) is 0 Å². The summed E-state index contributed by atoms with van der Waals surface area (Å²) < 4.78 is 24.1. The van der Waals surface area contributed by atoms with Crippen LogP contribution < -0.4 is 19.3 Å². The van der Waals surface area contributed by atoms with Crippen molar-refractivity contribution < 1.29 is 23.9 Å². The van der Waals surface area contributed by atoms with Crippen LogP contribution in [0.15, 0.2) is 48.5 Å². The number of nitrogens with zero attached hydrogens (tertiary/aromatic N) is 1. The second-order valence-corrected chi connectivity index (χ2v) is 6.53. The Balaban J connectivity index is 1.42. The first-order chi connectivity index (χ1) is 12.7. The summed E-state index contributed by atoms with van der Waals surface area (Å²) >= 11 is 0. The van der Waals surface area contributed by atoms with Crippen molar-refractivity contribution in [3.63, 3.8) is 0 Å². The molecule has 1 heterocycles. The number of aliphatic hydroxyl groups is 1. The third kappa shape index (κ3) is 4.86. The van der Waals surface area contributed by atoms with Crippen molar-refractivity contribution in [3.05, 3.63) is 54.3 Å². The lowest BCUT2D eigenvalue weighted by Gasteiger charge is -2.34. The van der Waals surface area contributed by atoms with E-state index in [0.717, 1.165) is 31.9 Å². The van der Waals surface area contributed by atoms with Gasteiger partial charge in [-0.3, -0.25) is 0 Å². The van der Waals surface area contributed by atoms with Gasteiger partial charge in [-0.25, -0.2) is 4.39 Å². The molecule has 0 aliphatic carbocycles. The van der Waals surface area contributed by atoms with E-state index in [0.29, 0.717) is 6.54 Å². The molecule has 1 saturated heterocycles. The zero-order valence-electron chi connectivity index (χ0n) is 15.0. The monoisotopic (exact) mass is 361 g/mol. The first-order valence-electron chi connectivity index (χ1n) is 8.93. The Morgan fingerprint density at radius 3 is 2.46 bits per heavy atom. The minimum Gasteiger partial charge on any atom is -0.497 e. The number of methoxy groups -OCH3 is 1. The van der Waals surface area contributed by atoms with E-state index in [2.05, 4.69) is 17.0 Å². The summed E-state index contributed by atoms with van der Waals surface area (Å²) in [4.78, 5) is 3.67. The Morgan fingerprint density at radius 1 is 1.12 bits per heavy atom. The molecule has 1 fully saturated rings. The topological polar surface area (TPSA) is 46.4 Å². The Morgan fingerprint density at radius 2 is 1.81 bits per heavy atom. The van der Waals surface area contributed by atoms with Crippen LogP contribution in [0.2, 0.25) is 0 Å². The number of para-hydroxylation sites is 1. The average molecular weight is 361 g/mol. The molecule has 6 heteroatoms. The number of halogens is 1. The number of hydrogen-bond acceptors (Lipinski definition) is 4. The van der Waals surface area contributed by atoms with Crippen LogP contribution in [0.25, 0.3) is 0 Å². The van der Waals surface area contributed by atoms with Gasteiger partial charge < -0.3 is 24.4 Å². The fourth-order valence-corrected chi connectivity index (χ4v) is 3.22.